The van der Waals surface area contributed by atoms with Gasteiger partial charge in [0.15, 0.2) is 5.69 Å². The van der Waals surface area contributed by atoms with Crippen molar-refractivity contribution in [3.8, 4) is 0 Å². The Morgan fingerprint density at radius 2 is 1.65 bits per heavy atom. The Morgan fingerprint density at radius 1 is 1.29 bits per heavy atom. The Labute approximate surface area is 95.6 Å². The molecular weight excluding hydrogens is 243 g/mol. The van der Waals surface area contributed by atoms with Crippen LogP contribution in [0.15, 0.2) is 0 Å². The van der Waals surface area contributed by atoms with Gasteiger partial charge in [-0.25, -0.2) is 13.9 Å². The summed E-state index contributed by atoms with van der Waals surface area (Å²) in [6.07, 6.45) is 0. The van der Waals surface area contributed by atoms with E-state index in [9.17, 15) is 22.1 Å². The van der Waals surface area contributed by atoms with Crippen molar-refractivity contribution in [1.82, 2.24) is 4.57 Å². The lowest BCUT2D eigenvalue weighted by Crippen LogP contribution is -2.36. The number of carboxylic acids is 1. The molecule has 98 valence electrons. The van der Waals surface area contributed by atoms with E-state index in [1.165, 1.54) is 0 Å². The zero-order chi connectivity index (χ0) is 14.0. The van der Waals surface area contributed by atoms with Gasteiger partial charge in [-0.2, -0.15) is 0 Å². The van der Waals surface area contributed by atoms with Gasteiger partial charge in [-0.15, -0.1) is 0 Å². The van der Waals surface area contributed by atoms with Gasteiger partial charge in [0, 0.05) is 13.8 Å². The number of carboxylic acid groups (broad SMARTS) is 1. The number of rotatable bonds is 1. The molecule has 0 aliphatic rings. The van der Waals surface area contributed by atoms with Gasteiger partial charge in [0.2, 0.25) is 0 Å². The Hall–Kier alpha value is -1.54. The van der Waals surface area contributed by atoms with Gasteiger partial charge >= 0.3 is 13.2 Å². The quantitative estimate of drug-likeness (QED) is 0.469. The van der Waals surface area contributed by atoms with E-state index in [-0.39, 0.29) is 0 Å². The molecule has 4 nitrogen and oxygen atoms in total. The summed E-state index contributed by atoms with van der Waals surface area (Å²) >= 11 is 0. The third-order valence-electron chi connectivity index (χ3n) is 2.35. The summed E-state index contributed by atoms with van der Waals surface area (Å²) in [5, 5.41) is 8.85. The molecule has 17 heavy (non-hydrogen) atoms. The molecule has 0 bridgehead atoms. The van der Waals surface area contributed by atoms with Crippen LogP contribution in [0.25, 0.3) is 0 Å². The fourth-order valence-corrected chi connectivity index (χ4v) is 1.33. The fraction of sp³-hybridized carbons (Fsp3) is 0.500. The maximum Gasteiger partial charge on any atom is 0.673 e. The molecule has 1 aromatic heterocycles. The SMILES string of the molecule is Cc1c(C(=O)O)[n+](C)c(C)n1C.F[B-](F)(F)F. The molecule has 0 fully saturated rings. The first-order valence-corrected chi connectivity index (χ1v) is 4.59. The third kappa shape index (κ3) is 4.45. The highest BCUT2D eigenvalue weighted by molar-refractivity contribution is 6.50. The van der Waals surface area contributed by atoms with Crippen LogP contribution in [0.1, 0.15) is 22.0 Å². The second kappa shape index (κ2) is 5.20. The molecule has 1 rings (SSSR count). The van der Waals surface area contributed by atoms with Crippen LogP contribution < -0.4 is 4.57 Å². The lowest BCUT2D eigenvalue weighted by molar-refractivity contribution is -0.679. The van der Waals surface area contributed by atoms with E-state index in [0.717, 1.165) is 11.5 Å². The first kappa shape index (κ1) is 15.5. The van der Waals surface area contributed by atoms with Gasteiger partial charge in [-0.05, 0) is 0 Å². The van der Waals surface area contributed by atoms with Crippen molar-refractivity contribution >= 4 is 13.2 Å². The van der Waals surface area contributed by atoms with Crippen LogP contribution in [0, 0.1) is 13.8 Å². The van der Waals surface area contributed by atoms with Crippen LogP contribution >= 0.6 is 0 Å². The summed E-state index contributed by atoms with van der Waals surface area (Å²) in [4.78, 5) is 10.8. The highest BCUT2D eigenvalue weighted by Crippen LogP contribution is 2.06. The van der Waals surface area contributed by atoms with Gasteiger partial charge in [0.25, 0.3) is 11.5 Å². The highest BCUT2D eigenvalue weighted by atomic mass is 19.5. The smallest absolute Gasteiger partial charge is 0.475 e. The number of hydrogen-bond acceptors (Lipinski definition) is 1. The minimum atomic E-state index is -6.00. The number of hydrogen-bond donors (Lipinski definition) is 1. The highest BCUT2D eigenvalue weighted by Gasteiger charge is 2.25. The van der Waals surface area contributed by atoms with Crippen LogP contribution in [-0.2, 0) is 14.1 Å². The van der Waals surface area contributed by atoms with E-state index in [0.29, 0.717) is 5.69 Å². The second-order valence-electron chi connectivity index (χ2n) is 3.40. The summed E-state index contributed by atoms with van der Waals surface area (Å²) in [6, 6.07) is 0. The summed E-state index contributed by atoms with van der Waals surface area (Å²) in [5.74, 6) is 0.0589. The molecule has 0 saturated carbocycles. The normalized spacial score (nSPS) is 10.8. The first-order valence-electron chi connectivity index (χ1n) is 4.59. The number of carbonyl (C=O) groups is 1. The van der Waals surface area contributed by atoms with E-state index < -0.39 is 13.2 Å². The molecular formula is C8H13BF4N2O2. The molecule has 0 radical (unpaired) electrons. The molecule has 0 spiro atoms. The third-order valence-corrected chi connectivity index (χ3v) is 2.35. The number of halogens is 4. The lowest BCUT2D eigenvalue weighted by Gasteiger charge is -1.94. The van der Waals surface area contributed by atoms with Crippen molar-refractivity contribution in [3.05, 3.63) is 17.2 Å². The number of aromatic carboxylic acids is 1. The number of nitrogens with zero attached hydrogens (tertiary/aromatic N) is 2. The Bertz CT molecular complexity index is 397. The average molecular weight is 256 g/mol. The summed E-state index contributed by atoms with van der Waals surface area (Å²) in [7, 11) is -2.39. The Kier molecular flexibility index (Phi) is 4.73. The van der Waals surface area contributed by atoms with Crippen LogP contribution in [-0.4, -0.2) is 22.9 Å². The van der Waals surface area contributed by atoms with Crippen molar-refractivity contribution < 1.29 is 31.7 Å². The van der Waals surface area contributed by atoms with Gasteiger partial charge in [-0.3, -0.25) is 0 Å². The molecule has 0 atom stereocenters. The largest absolute Gasteiger partial charge is 0.673 e. The molecule has 0 aromatic carbocycles. The van der Waals surface area contributed by atoms with Crippen molar-refractivity contribution in [3.63, 3.8) is 0 Å². The van der Waals surface area contributed by atoms with E-state index in [1.807, 2.05) is 18.5 Å². The molecule has 1 N–H and O–H groups in total. The molecule has 0 aliphatic heterocycles. The first-order chi connectivity index (χ1) is 7.46. The van der Waals surface area contributed by atoms with E-state index >= 15 is 0 Å². The van der Waals surface area contributed by atoms with Crippen molar-refractivity contribution in [2.75, 3.05) is 0 Å². The number of imidazole rings is 1. The number of aromatic nitrogens is 2. The van der Waals surface area contributed by atoms with E-state index in [4.69, 9.17) is 5.11 Å². The van der Waals surface area contributed by atoms with Crippen LogP contribution in [0.5, 0.6) is 0 Å². The minimum absolute atomic E-state index is 0.356. The molecule has 9 heteroatoms. The fourth-order valence-electron chi connectivity index (χ4n) is 1.33. The molecule has 1 aromatic rings. The van der Waals surface area contributed by atoms with E-state index in [2.05, 4.69) is 0 Å². The van der Waals surface area contributed by atoms with Crippen LogP contribution in [0.2, 0.25) is 0 Å². The predicted octanol–water partition coefficient (Wildman–Crippen LogP) is 1.46. The Morgan fingerprint density at radius 3 is 1.76 bits per heavy atom. The zero-order valence-corrected chi connectivity index (χ0v) is 9.84. The predicted molar refractivity (Wildman–Crippen MR) is 53.2 cm³/mol. The Balaban J connectivity index is 0.000000437. The summed E-state index contributed by atoms with van der Waals surface area (Å²) in [6.45, 7) is 3.69. The zero-order valence-electron chi connectivity index (χ0n) is 9.84. The standard InChI is InChI=1S/C8H12N2O2.BF4/c1-5-7(8(11)12)10(4)6(2)9(5)3;2-1(3,4)5/h1-4H3;/q;-1/p+1. The average Bonchev–Trinajstić information content (AvgIpc) is 2.28. The molecule has 0 amide bonds. The monoisotopic (exact) mass is 256 g/mol. The maximum atomic E-state index is 10.8. The van der Waals surface area contributed by atoms with Crippen LogP contribution in [0.4, 0.5) is 17.3 Å². The molecule has 0 aliphatic carbocycles. The molecule has 0 unspecified atom stereocenters. The van der Waals surface area contributed by atoms with E-state index in [1.54, 1.807) is 18.5 Å². The minimum Gasteiger partial charge on any atom is -0.475 e. The lowest BCUT2D eigenvalue weighted by atomic mass is 10.3. The van der Waals surface area contributed by atoms with Gasteiger partial charge in [-0.1, -0.05) is 0 Å². The van der Waals surface area contributed by atoms with Crippen molar-refractivity contribution in [2.24, 2.45) is 14.1 Å². The van der Waals surface area contributed by atoms with Gasteiger partial charge in [0.1, 0.15) is 0 Å². The van der Waals surface area contributed by atoms with Gasteiger partial charge in [0.05, 0.1) is 14.1 Å². The van der Waals surface area contributed by atoms with Crippen molar-refractivity contribution in [2.45, 2.75) is 13.8 Å². The topological polar surface area (TPSA) is 46.1 Å². The van der Waals surface area contributed by atoms with Gasteiger partial charge < -0.3 is 22.4 Å². The summed E-state index contributed by atoms with van der Waals surface area (Å²) < 4.78 is 42.5. The van der Waals surface area contributed by atoms with Crippen molar-refractivity contribution in [1.29, 1.82) is 0 Å². The maximum absolute atomic E-state index is 10.8. The summed E-state index contributed by atoms with van der Waals surface area (Å²) in [5.41, 5.74) is 1.14. The molecule has 0 saturated heterocycles. The molecule has 1 heterocycles. The second-order valence-corrected chi connectivity index (χ2v) is 3.40. The van der Waals surface area contributed by atoms with Crippen LogP contribution in [0.3, 0.4) is 0 Å².